The molecule has 0 aliphatic heterocycles. The number of pyridine rings is 1. The number of nitrogens with one attached hydrogen (secondary N) is 1. The SMILES string of the molecule is C=Cc1ccc(Cl)c(Sc2cc(C(F)(F)Cl)[nH]c(=O)c2C=O)c1Cl. The second-order valence-corrected chi connectivity index (χ2v) is 6.80. The van der Waals surface area contributed by atoms with Gasteiger partial charge in [-0.2, -0.15) is 8.78 Å². The van der Waals surface area contributed by atoms with Gasteiger partial charge < -0.3 is 4.98 Å². The minimum atomic E-state index is -3.80. The first-order chi connectivity index (χ1) is 11.2. The molecular formula is C15H8Cl3F2NO2S. The normalized spacial score (nSPS) is 11.4. The van der Waals surface area contributed by atoms with Crippen molar-refractivity contribution < 1.29 is 13.6 Å². The lowest BCUT2D eigenvalue weighted by Gasteiger charge is -2.13. The van der Waals surface area contributed by atoms with Gasteiger partial charge in [0.1, 0.15) is 5.69 Å². The zero-order valence-corrected chi connectivity index (χ0v) is 14.8. The Bertz CT molecular complexity index is 878. The number of rotatable bonds is 5. The highest BCUT2D eigenvalue weighted by Gasteiger charge is 2.31. The minimum absolute atomic E-state index is 0.0471. The zero-order valence-electron chi connectivity index (χ0n) is 11.7. The summed E-state index contributed by atoms with van der Waals surface area (Å²) in [5.74, 6) is 0. The van der Waals surface area contributed by atoms with Gasteiger partial charge in [0.15, 0.2) is 6.29 Å². The number of aromatic amines is 1. The fourth-order valence-electron chi connectivity index (χ4n) is 1.80. The molecule has 2 aromatic rings. The summed E-state index contributed by atoms with van der Waals surface area (Å²) in [6, 6.07) is 4.08. The fourth-order valence-corrected chi connectivity index (χ4v) is 3.61. The van der Waals surface area contributed by atoms with Gasteiger partial charge in [0.05, 0.1) is 20.5 Å². The summed E-state index contributed by atoms with van der Waals surface area (Å²) in [6.07, 6.45) is 1.75. The van der Waals surface area contributed by atoms with Gasteiger partial charge in [-0.05, 0) is 29.3 Å². The van der Waals surface area contributed by atoms with Gasteiger partial charge >= 0.3 is 5.38 Å². The topological polar surface area (TPSA) is 49.9 Å². The molecule has 126 valence electrons. The molecule has 1 aromatic carbocycles. The van der Waals surface area contributed by atoms with Crippen molar-refractivity contribution >= 4 is 58.9 Å². The Kier molecular flexibility index (Phi) is 5.75. The molecule has 2 rings (SSSR count). The van der Waals surface area contributed by atoms with Crippen LogP contribution < -0.4 is 5.56 Å². The lowest BCUT2D eigenvalue weighted by Crippen LogP contribution is -2.20. The first-order valence-electron chi connectivity index (χ1n) is 6.27. The number of carbonyl (C=O) groups excluding carboxylic acids is 1. The van der Waals surface area contributed by atoms with Gasteiger partial charge in [-0.1, -0.05) is 53.7 Å². The van der Waals surface area contributed by atoms with E-state index in [2.05, 4.69) is 6.58 Å². The number of carbonyl (C=O) groups is 1. The highest BCUT2D eigenvalue weighted by atomic mass is 35.5. The van der Waals surface area contributed by atoms with Crippen molar-refractivity contribution in [3.05, 3.63) is 62.0 Å². The maximum Gasteiger partial charge on any atom is 0.362 e. The number of hydrogen-bond donors (Lipinski definition) is 1. The van der Waals surface area contributed by atoms with Gasteiger partial charge in [0.2, 0.25) is 0 Å². The molecule has 0 bridgehead atoms. The number of hydrogen-bond acceptors (Lipinski definition) is 3. The predicted molar refractivity (Wildman–Crippen MR) is 92.9 cm³/mol. The van der Waals surface area contributed by atoms with Crippen LogP contribution in [0.5, 0.6) is 0 Å². The molecule has 0 saturated heterocycles. The number of aldehydes is 1. The summed E-state index contributed by atoms with van der Waals surface area (Å²) in [5.41, 5.74) is -1.60. The van der Waals surface area contributed by atoms with Crippen LogP contribution in [0.3, 0.4) is 0 Å². The molecular weight excluding hydrogens is 403 g/mol. The molecule has 0 aliphatic carbocycles. The smallest absolute Gasteiger partial charge is 0.319 e. The maximum absolute atomic E-state index is 13.3. The molecule has 1 heterocycles. The number of H-pyrrole nitrogens is 1. The van der Waals surface area contributed by atoms with Crippen molar-refractivity contribution in [1.82, 2.24) is 4.98 Å². The average molecular weight is 411 g/mol. The van der Waals surface area contributed by atoms with E-state index in [1.807, 2.05) is 4.98 Å². The van der Waals surface area contributed by atoms with E-state index in [-0.39, 0.29) is 26.8 Å². The summed E-state index contributed by atoms with van der Waals surface area (Å²) in [5, 5.41) is -3.35. The van der Waals surface area contributed by atoms with Crippen molar-refractivity contribution in [3.8, 4) is 0 Å². The quantitative estimate of drug-likeness (QED) is 0.517. The third-order valence-electron chi connectivity index (χ3n) is 2.97. The molecule has 0 spiro atoms. The van der Waals surface area contributed by atoms with E-state index in [1.165, 1.54) is 12.1 Å². The third-order valence-corrected chi connectivity index (χ3v) is 5.30. The van der Waals surface area contributed by atoms with E-state index < -0.39 is 16.6 Å². The van der Waals surface area contributed by atoms with Crippen molar-refractivity contribution in [3.63, 3.8) is 0 Å². The predicted octanol–water partition coefficient (Wildman–Crippen LogP) is 5.58. The first-order valence-corrected chi connectivity index (χ1v) is 8.22. The van der Waals surface area contributed by atoms with Crippen LogP contribution in [0.2, 0.25) is 10.0 Å². The van der Waals surface area contributed by atoms with Crippen molar-refractivity contribution in [2.45, 2.75) is 15.2 Å². The standard InChI is InChI=1S/C15H8Cl3F2NO2S/c1-2-7-3-4-9(16)13(12(7)17)24-10-5-11(15(18,19)20)21-14(23)8(10)6-22/h2-6H,1H2,(H,21,23). The summed E-state index contributed by atoms with van der Waals surface area (Å²) in [4.78, 5) is 25.1. The van der Waals surface area contributed by atoms with E-state index in [0.717, 1.165) is 17.8 Å². The van der Waals surface area contributed by atoms with Gasteiger partial charge in [-0.3, -0.25) is 9.59 Å². The Morgan fingerprint density at radius 3 is 2.50 bits per heavy atom. The van der Waals surface area contributed by atoms with Crippen molar-refractivity contribution in [2.24, 2.45) is 0 Å². The summed E-state index contributed by atoms with van der Waals surface area (Å²) >= 11 is 18.0. The second-order valence-electron chi connectivity index (χ2n) is 4.49. The maximum atomic E-state index is 13.3. The summed E-state index contributed by atoms with van der Waals surface area (Å²) < 4.78 is 26.6. The molecule has 0 saturated carbocycles. The molecule has 0 radical (unpaired) electrons. The minimum Gasteiger partial charge on any atom is -0.319 e. The Morgan fingerprint density at radius 2 is 1.96 bits per heavy atom. The monoisotopic (exact) mass is 409 g/mol. The molecule has 3 nitrogen and oxygen atoms in total. The van der Waals surface area contributed by atoms with Crippen LogP contribution in [0.4, 0.5) is 8.78 Å². The van der Waals surface area contributed by atoms with E-state index in [0.29, 0.717) is 10.5 Å². The van der Waals surface area contributed by atoms with Crippen LogP contribution in [-0.4, -0.2) is 11.3 Å². The fraction of sp³-hybridized carbons (Fsp3) is 0.0667. The number of halogens is 5. The average Bonchev–Trinajstić information content (AvgIpc) is 2.50. The van der Waals surface area contributed by atoms with Crippen molar-refractivity contribution in [1.29, 1.82) is 0 Å². The van der Waals surface area contributed by atoms with Crippen LogP contribution in [0, 0.1) is 0 Å². The van der Waals surface area contributed by atoms with Crippen LogP contribution >= 0.6 is 46.6 Å². The van der Waals surface area contributed by atoms with Crippen LogP contribution in [0.1, 0.15) is 21.6 Å². The molecule has 0 amide bonds. The molecule has 9 heteroatoms. The van der Waals surface area contributed by atoms with Gasteiger partial charge in [0.25, 0.3) is 5.56 Å². The van der Waals surface area contributed by atoms with Gasteiger partial charge in [0, 0.05) is 4.90 Å². The molecule has 1 aromatic heterocycles. The van der Waals surface area contributed by atoms with E-state index in [9.17, 15) is 18.4 Å². The second kappa shape index (κ2) is 7.27. The zero-order chi connectivity index (χ0) is 18.1. The van der Waals surface area contributed by atoms with Crippen LogP contribution in [0.25, 0.3) is 6.08 Å². The Hall–Kier alpha value is -1.34. The molecule has 24 heavy (non-hydrogen) atoms. The molecule has 0 fully saturated rings. The Morgan fingerprint density at radius 1 is 1.29 bits per heavy atom. The highest BCUT2D eigenvalue weighted by Crippen LogP contribution is 2.42. The van der Waals surface area contributed by atoms with E-state index in [4.69, 9.17) is 34.8 Å². The molecule has 0 atom stereocenters. The number of benzene rings is 1. The lowest BCUT2D eigenvalue weighted by atomic mass is 10.2. The summed E-state index contributed by atoms with van der Waals surface area (Å²) in [6.45, 7) is 3.60. The number of aromatic nitrogens is 1. The Balaban J connectivity index is 2.66. The van der Waals surface area contributed by atoms with Gasteiger partial charge in [-0.15, -0.1) is 0 Å². The van der Waals surface area contributed by atoms with Gasteiger partial charge in [-0.25, -0.2) is 0 Å². The first kappa shape index (κ1) is 19.0. The largest absolute Gasteiger partial charge is 0.362 e. The highest BCUT2D eigenvalue weighted by molar-refractivity contribution is 7.99. The van der Waals surface area contributed by atoms with Crippen LogP contribution in [0.15, 0.2) is 39.4 Å². The summed E-state index contributed by atoms with van der Waals surface area (Å²) in [7, 11) is 0. The van der Waals surface area contributed by atoms with E-state index >= 15 is 0 Å². The van der Waals surface area contributed by atoms with Crippen LogP contribution in [-0.2, 0) is 5.38 Å². The molecule has 0 unspecified atom stereocenters. The van der Waals surface area contributed by atoms with Crippen molar-refractivity contribution in [2.75, 3.05) is 0 Å². The Labute approximate surface area is 154 Å². The lowest BCUT2D eigenvalue weighted by molar-refractivity contribution is 0.0891. The number of alkyl halides is 3. The molecule has 0 aliphatic rings. The molecule has 1 N–H and O–H groups in total. The third kappa shape index (κ3) is 3.83. The van der Waals surface area contributed by atoms with E-state index in [1.54, 1.807) is 6.07 Å².